The van der Waals surface area contributed by atoms with E-state index in [1.165, 1.54) is 42.5 Å². The van der Waals surface area contributed by atoms with Gasteiger partial charge in [0.2, 0.25) is 5.95 Å². The third-order valence-corrected chi connectivity index (χ3v) is 8.06. The molecule has 3 aliphatic rings. The molecule has 214 valence electrons. The van der Waals surface area contributed by atoms with E-state index in [-0.39, 0.29) is 12.2 Å². The standard InChI is InChI=1S/C30H48N8O/c1-37(2)17-8-20-39-24-12-10-23(11-13-24)21-33-28-27(9-7-15-32-28)35-30-34-26-14-16-31-22-25(26)29(36-30)38-18-5-3-4-6-19-38/h10-13,27-28,31-33H,3-9,14-22H2,1-2H3,(H,34,35,36). The number of aromatic nitrogens is 2. The molecule has 0 radical (unpaired) electrons. The number of nitrogens with one attached hydrogen (secondary N) is 4. The topological polar surface area (TPSA) is 89.6 Å². The first kappa shape index (κ1) is 28.1. The lowest BCUT2D eigenvalue weighted by atomic mass is 10.0. The minimum absolute atomic E-state index is 0.156. The van der Waals surface area contributed by atoms with Gasteiger partial charge in [-0.15, -0.1) is 0 Å². The average molecular weight is 537 g/mol. The summed E-state index contributed by atoms with van der Waals surface area (Å²) in [6.45, 7) is 7.65. The maximum Gasteiger partial charge on any atom is 0.225 e. The third-order valence-electron chi connectivity index (χ3n) is 8.06. The van der Waals surface area contributed by atoms with Crippen LogP contribution in [0.5, 0.6) is 5.75 Å². The number of benzene rings is 1. The number of piperidine rings is 1. The summed E-state index contributed by atoms with van der Waals surface area (Å²) in [5.74, 6) is 2.87. The fraction of sp³-hybridized carbons (Fsp3) is 0.667. The van der Waals surface area contributed by atoms with E-state index in [0.29, 0.717) is 0 Å². The highest BCUT2D eigenvalue weighted by Gasteiger charge is 2.27. The van der Waals surface area contributed by atoms with Crippen LogP contribution in [0.25, 0.3) is 0 Å². The Hall–Kier alpha value is -2.46. The molecule has 0 spiro atoms. The van der Waals surface area contributed by atoms with Crippen molar-refractivity contribution in [1.29, 1.82) is 0 Å². The molecule has 5 rings (SSSR count). The molecule has 4 N–H and O–H groups in total. The number of hydrogen-bond acceptors (Lipinski definition) is 9. The number of hydrogen-bond donors (Lipinski definition) is 4. The predicted molar refractivity (Wildman–Crippen MR) is 159 cm³/mol. The lowest BCUT2D eigenvalue weighted by Crippen LogP contribution is -2.56. The summed E-state index contributed by atoms with van der Waals surface area (Å²) in [5.41, 5.74) is 3.76. The van der Waals surface area contributed by atoms with Gasteiger partial charge in [-0.2, -0.15) is 4.98 Å². The van der Waals surface area contributed by atoms with Gasteiger partial charge in [0.1, 0.15) is 11.6 Å². The molecule has 39 heavy (non-hydrogen) atoms. The Morgan fingerprint density at radius 2 is 1.85 bits per heavy atom. The molecule has 0 amide bonds. The van der Waals surface area contributed by atoms with E-state index in [1.807, 2.05) is 0 Å². The van der Waals surface area contributed by atoms with Crippen molar-refractivity contribution >= 4 is 11.8 Å². The third kappa shape index (κ3) is 8.03. The van der Waals surface area contributed by atoms with Crippen LogP contribution in [-0.4, -0.2) is 80.5 Å². The summed E-state index contributed by atoms with van der Waals surface area (Å²) in [7, 11) is 4.18. The molecular formula is C30H48N8O. The molecule has 1 aromatic carbocycles. The van der Waals surface area contributed by atoms with Crippen LogP contribution in [0.1, 0.15) is 61.8 Å². The highest BCUT2D eigenvalue weighted by molar-refractivity contribution is 5.54. The zero-order valence-corrected chi connectivity index (χ0v) is 24.0. The highest BCUT2D eigenvalue weighted by atomic mass is 16.5. The van der Waals surface area contributed by atoms with Crippen LogP contribution in [0, 0.1) is 0 Å². The second kappa shape index (κ2) is 14.3. The van der Waals surface area contributed by atoms with Crippen molar-refractivity contribution in [3.05, 3.63) is 41.1 Å². The Morgan fingerprint density at radius 3 is 2.64 bits per heavy atom. The molecule has 2 saturated heterocycles. The molecule has 2 atom stereocenters. The molecule has 1 aromatic heterocycles. The molecule has 0 saturated carbocycles. The Balaban J connectivity index is 1.20. The van der Waals surface area contributed by atoms with Crippen molar-refractivity contribution in [1.82, 2.24) is 30.8 Å². The van der Waals surface area contributed by atoms with E-state index in [0.717, 1.165) is 95.6 Å². The van der Waals surface area contributed by atoms with Gasteiger partial charge in [0.25, 0.3) is 0 Å². The Labute approximate surface area is 234 Å². The SMILES string of the molecule is CN(C)CCCOc1ccc(CNC2NCCCC2Nc2nc3c(c(N4CCCCCC4)n2)CNCC3)cc1. The van der Waals surface area contributed by atoms with Gasteiger partial charge < -0.3 is 30.5 Å². The fourth-order valence-corrected chi connectivity index (χ4v) is 5.86. The van der Waals surface area contributed by atoms with Crippen molar-refractivity contribution in [2.24, 2.45) is 0 Å². The van der Waals surface area contributed by atoms with Crippen LogP contribution in [0.3, 0.4) is 0 Å². The van der Waals surface area contributed by atoms with Gasteiger partial charge in [0.15, 0.2) is 0 Å². The van der Waals surface area contributed by atoms with Crippen molar-refractivity contribution in [3.8, 4) is 5.75 Å². The van der Waals surface area contributed by atoms with Gasteiger partial charge in [-0.1, -0.05) is 25.0 Å². The van der Waals surface area contributed by atoms with E-state index >= 15 is 0 Å². The molecule has 2 unspecified atom stereocenters. The minimum Gasteiger partial charge on any atom is -0.494 e. The second-order valence-electron chi connectivity index (χ2n) is 11.5. The van der Waals surface area contributed by atoms with Gasteiger partial charge in [0, 0.05) is 51.3 Å². The summed E-state index contributed by atoms with van der Waals surface area (Å²) >= 11 is 0. The fourth-order valence-electron chi connectivity index (χ4n) is 5.86. The van der Waals surface area contributed by atoms with Crippen LogP contribution >= 0.6 is 0 Å². The zero-order valence-electron chi connectivity index (χ0n) is 24.0. The predicted octanol–water partition coefficient (Wildman–Crippen LogP) is 3.11. The normalized spacial score (nSPS) is 21.9. The van der Waals surface area contributed by atoms with Crippen molar-refractivity contribution < 1.29 is 4.74 Å². The van der Waals surface area contributed by atoms with E-state index in [1.54, 1.807) is 0 Å². The number of ether oxygens (including phenoxy) is 1. The summed E-state index contributed by atoms with van der Waals surface area (Å²) in [6, 6.07) is 8.71. The summed E-state index contributed by atoms with van der Waals surface area (Å²) in [5, 5.41) is 14.7. The van der Waals surface area contributed by atoms with E-state index in [2.05, 4.69) is 69.4 Å². The summed E-state index contributed by atoms with van der Waals surface area (Å²) in [4.78, 5) is 14.9. The van der Waals surface area contributed by atoms with Crippen LogP contribution in [0.4, 0.5) is 11.8 Å². The molecule has 9 heteroatoms. The lowest BCUT2D eigenvalue weighted by Gasteiger charge is -2.35. The van der Waals surface area contributed by atoms with Gasteiger partial charge in [-0.05, 0) is 70.4 Å². The molecule has 2 fully saturated rings. The second-order valence-corrected chi connectivity index (χ2v) is 11.5. The van der Waals surface area contributed by atoms with E-state index < -0.39 is 0 Å². The monoisotopic (exact) mass is 536 g/mol. The van der Waals surface area contributed by atoms with Crippen molar-refractivity contribution in [2.45, 2.75) is 76.7 Å². The van der Waals surface area contributed by atoms with Crippen molar-refractivity contribution in [2.75, 3.05) is 63.6 Å². The number of fused-ring (bicyclic) bond motifs is 1. The first-order valence-electron chi connectivity index (χ1n) is 15.1. The van der Waals surface area contributed by atoms with E-state index in [4.69, 9.17) is 14.7 Å². The number of nitrogens with zero attached hydrogens (tertiary/aromatic N) is 4. The Morgan fingerprint density at radius 1 is 1.03 bits per heavy atom. The van der Waals surface area contributed by atoms with E-state index in [9.17, 15) is 0 Å². The van der Waals surface area contributed by atoms with Gasteiger partial charge >= 0.3 is 0 Å². The molecular weight excluding hydrogens is 488 g/mol. The van der Waals surface area contributed by atoms with Gasteiger partial charge in [-0.25, -0.2) is 4.98 Å². The van der Waals surface area contributed by atoms with Crippen LogP contribution in [0.2, 0.25) is 0 Å². The average Bonchev–Trinajstić information content (AvgIpc) is 3.25. The first-order chi connectivity index (χ1) is 19.2. The maximum atomic E-state index is 5.90. The molecule has 0 aliphatic carbocycles. The minimum atomic E-state index is 0.156. The molecule has 2 aromatic rings. The van der Waals surface area contributed by atoms with Gasteiger partial charge in [0.05, 0.1) is 24.5 Å². The quantitative estimate of drug-likeness (QED) is 0.324. The summed E-state index contributed by atoms with van der Waals surface area (Å²) < 4.78 is 5.90. The number of anilines is 2. The smallest absolute Gasteiger partial charge is 0.225 e. The molecule has 3 aliphatic heterocycles. The van der Waals surface area contributed by atoms with Crippen molar-refractivity contribution in [3.63, 3.8) is 0 Å². The molecule has 4 heterocycles. The zero-order chi connectivity index (χ0) is 26.9. The number of rotatable bonds is 11. The Bertz CT molecular complexity index is 1020. The van der Waals surface area contributed by atoms with Crippen LogP contribution in [0.15, 0.2) is 24.3 Å². The Kier molecular flexibility index (Phi) is 10.3. The van der Waals surface area contributed by atoms with Crippen LogP contribution < -0.4 is 30.9 Å². The largest absolute Gasteiger partial charge is 0.494 e. The maximum absolute atomic E-state index is 5.90. The van der Waals surface area contributed by atoms with Gasteiger partial charge in [-0.3, -0.25) is 5.32 Å². The highest BCUT2D eigenvalue weighted by Crippen LogP contribution is 2.28. The lowest BCUT2D eigenvalue weighted by molar-refractivity contribution is 0.281. The summed E-state index contributed by atoms with van der Waals surface area (Å²) in [6.07, 6.45) is 9.52. The van der Waals surface area contributed by atoms with Crippen LogP contribution in [-0.2, 0) is 19.5 Å². The molecule has 0 bridgehead atoms. The first-order valence-corrected chi connectivity index (χ1v) is 15.1. The molecule has 9 nitrogen and oxygen atoms in total.